The molecule has 0 aromatic heterocycles. The second kappa shape index (κ2) is 6.29. The van der Waals surface area contributed by atoms with Crippen molar-refractivity contribution < 1.29 is 14.6 Å². The van der Waals surface area contributed by atoms with E-state index < -0.39 is 0 Å². The zero-order chi connectivity index (χ0) is 23.8. The van der Waals surface area contributed by atoms with Crippen LogP contribution in [-0.2, 0) is 9.53 Å². The Kier molecular flexibility index (Phi) is 4.31. The zero-order valence-corrected chi connectivity index (χ0v) is 22.1. The largest absolute Gasteiger partial charge is 0.461 e. The fraction of sp³-hybridized carbons (Fsp3) is 0.900. The molecule has 184 valence electrons. The average molecular weight is 455 g/mol. The van der Waals surface area contributed by atoms with E-state index in [9.17, 15) is 9.90 Å². The molecule has 3 heteroatoms. The van der Waals surface area contributed by atoms with Crippen molar-refractivity contribution in [2.45, 2.75) is 118 Å². The normalized spacial score (nSPS) is 58.8. The molecule has 1 N–H and O–H groups in total. The number of fused-ring (bicyclic) bond motifs is 10. The SMILES string of the molecule is CC1(C)C(O)CC[C@@]2(C)[C@@H]1CC[C@]1(C)[C@H]2CC=C2[C@H]3C[C@@]4(C)CC(OC4=O)[C@]3(C)CC[C@]21C. The van der Waals surface area contributed by atoms with Gasteiger partial charge in [0.1, 0.15) is 6.10 Å². The molecule has 1 saturated heterocycles. The highest BCUT2D eigenvalue weighted by Crippen LogP contribution is 2.76. The van der Waals surface area contributed by atoms with Crippen molar-refractivity contribution in [2.75, 3.05) is 0 Å². The summed E-state index contributed by atoms with van der Waals surface area (Å²) in [5.74, 6) is 1.79. The number of esters is 1. The molecule has 1 heterocycles. The van der Waals surface area contributed by atoms with E-state index in [0.29, 0.717) is 17.8 Å². The number of allylic oxidation sites excluding steroid dienone is 2. The number of rotatable bonds is 0. The third kappa shape index (κ3) is 2.44. The Morgan fingerprint density at radius 2 is 1.61 bits per heavy atom. The zero-order valence-electron chi connectivity index (χ0n) is 22.1. The minimum atomic E-state index is -0.293. The van der Waals surface area contributed by atoms with Gasteiger partial charge in [-0.2, -0.15) is 0 Å². The lowest BCUT2D eigenvalue weighted by Gasteiger charge is -2.71. The van der Waals surface area contributed by atoms with Crippen molar-refractivity contribution in [3.8, 4) is 0 Å². The number of carbonyl (C=O) groups excluding carboxylic acids is 1. The predicted molar refractivity (Wildman–Crippen MR) is 130 cm³/mol. The second-order valence-corrected chi connectivity index (χ2v) is 15.1. The third-order valence-electron chi connectivity index (χ3n) is 13.6. The van der Waals surface area contributed by atoms with E-state index in [1.807, 2.05) is 0 Å². The monoisotopic (exact) mass is 454 g/mol. The van der Waals surface area contributed by atoms with Crippen LogP contribution in [0.4, 0.5) is 0 Å². The van der Waals surface area contributed by atoms with Gasteiger partial charge in [-0.1, -0.05) is 53.2 Å². The van der Waals surface area contributed by atoms with Crippen molar-refractivity contribution in [1.82, 2.24) is 0 Å². The van der Waals surface area contributed by atoms with E-state index in [4.69, 9.17) is 4.74 Å². The summed E-state index contributed by atoms with van der Waals surface area (Å²) in [4.78, 5) is 12.8. The summed E-state index contributed by atoms with van der Waals surface area (Å²) < 4.78 is 6.03. The van der Waals surface area contributed by atoms with Crippen LogP contribution in [0.15, 0.2) is 11.6 Å². The molecule has 6 aliphatic rings. The molecule has 5 fully saturated rings. The van der Waals surface area contributed by atoms with Crippen LogP contribution < -0.4 is 0 Å². The summed E-state index contributed by atoms with van der Waals surface area (Å²) in [5, 5.41) is 10.9. The summed E-state index contributed by atoms with van der Waals surface area (Å²) in [6.45, 7) is 17.1. The third-order valence-corrected chi connectivity index (χ3v) is 13.6. The molecule has 2 bridgehead atoms. The molecule has 10 atom stereocenters. The topological polar surface area (TPSA) is 46.5 Å². The highest BCUT2D eigenvalue weighted by atomic mass is 16.6. The van der Waals surface area contributed by atoms with Gasteiger partial charge in [0, 0.05) is 11.8 Å². The van der Waals surface area contributed by atoms with Crippen LogP contribution in [0.5, 0.6) is 0 Å². The van der Waals surface area contributed by atoms with Crippen molar-refractivity contribution in [1.29, 1.82) is 0 Å². The number of hydrogen-bond donors (Lipinski definition) is 1. The quantitative estimate of drug-likeness (QED) is 0.328. The van der Waals surface area contributed by atoms with Crippen LogP contribution in [0.2, 0.25) is 0 Å². The summed E-state index contributed by atoms with van der Waals surface area (Å²) in [7, 11) is 0. The fourth-order valence-electron chi connectivity index (χ4n) is 11.1. The van der Waals surface area contributed by atoms with E-state index in [0.717, 1.165) is 25.7 Å². The molecule has 4 saturated carbocycles. The Hall–Kier alpha value is -0.830. The fourth-order valence-corrected chi connectivity index (χ4v) is 11.1. The minimum Gasteiger partial charge on any atom is -0.461 e. The van der Waals surface area contributed by atoms with Crippen molar-refractivity contribution in [3.05, 3.63) is 11.6 Å². The number of aliphatic hydroxyl groups is 1. The van der Waals surface area contributed by atoms with Gasteiger partial charge in [0.25, 0.3) is 0 Å². The van der Waals surface area contributed by atoms with Gasteiger partial charge in [-0.25, -0.2) is 0 Å². The van der Waals surface area contributed by atoms with Gasteiger partial charge in [-0.3, -0.25) is 4.79 Å². The van der Waals surface area contributed by atoms with Crippen molar-refractivity contribution >= 4 is 5.97 Å². The van der Waals surface area contributed by atoms with Crippen LogP contribution in [-0.4, -0.2) is 23.3 Å². The van der Waals surface area contributed by atoms with Crippen molar-refractivity contribution in [2.24, 2.45) is 50.2 Å². The highest BCUT2D eigenvalue weighted by molar-refractivity contribution is 5.79. The van der Waals surface area contributed by atoms with Crippen LogP contribution in [0.3, 0.4) is 0 Å². The first-order chi connectivity index (χ1) is 15.2. The molecule has 2 unspecified atom stereocenters. The van der Waals surface area contributed by atoms with Crippen LogP contribution >= 0.6 is 0 Å². The van der Waals surface area contributed by atoms with Gasteiger partial charge in [0.2, 0.25) is 0 Å². The van der Waals surface area contributed by atoms with Gasteiger partial charge >= 0.3 is 5.97 Å². The number of hydrogen-bond acceptors (Lipinski definition) is 3. The minimum absolute atomic E-state index is 0.000773. The first-order valence-corrected chi connectivity index (χ1v) is 13.8. The first-order valence-electron chi connectivity index (χ1n) is 13.8. The number of aliphatic hydroxyl groups excluding tert-OH is 1. The van der Waals surface area contributed by atoms with E-state index in [1.54, 1.807) is 5.57 Å². The first kappa shape index (κ1) is 22.6. The van der Waals surface area contributed by atoms with Gasteiger partial charge in [-0.05, 0) is 97.7 Å². The maximum Gasteiger partial charge on any atom is 0.312 e. The maximum absolute atomic E-state index is 12.8. The van der Waals surface area contributed by atoms with Crippen LogP contribution in [0.25, 0.3) is 0 Å². The molecular weight excluding hydrogens is 408 g/mol. The molecule has 1 aliphatic heterocycles. The standard InChI is InChI=1S/C30H46O3/c1-25(2)20-10-13-30(7)21(28(20,5)12-11-22(25)31)9-8-18-19-16-26(3)17-23(33-24(26)32)27(19,4)14-15-29(18,30)6/h8,19-23,31H,9-17H2,1-7H3/t19-,20-,21+,22?,23?,26+,27-,28+,29-,30-/m1/s1. The van der Waals surface area contributed by atoms with E-state index in [2.05, 4.69) is 54.5 Å². The Labute approximate surface area is 201 Å². The van der Waals surface area contributed by atoms with E-state index in [-0.39, 0.29) is 50.7 Å². The summed E-state index contributed by atoms with van der Waals surface area (Å²) in [6, 6.07) is 0. The lowest BCUT2D eigenvalue weighted by atomic mass is 9.33. The smallest absolute Gasteiger partial charge is 0.312 e. The Morgan fingerprint density at radius 1 is 0.879 bits per heavy atom. The van der Waals surface area contributed by atoms with Crippen LogP contribution in [0, 0.1) is 50.2 Å². The lowest BCUT2D eigenvalue weighted by molar-refractivity contribution is -0.204. The van der Waals surface area contributed by atoms with E-state index in [1.165, 1.54) is 32.1 Å². The Bertz CT molecular complexity index is 935. The molecule has 0 amide bonds. The molecular formula is C30H46O3. The molecule has 3 nitrogen and oxygen atoms in total. The van der Waals surface area contributed by atoms with E-state index >= 15 is 0 Å². The van der Waals surface area contributed by atoms with Gasteiger partial charge in [-0.15, -0.1) is 0 Å². The Balaban J connectivity index is 1.43. The lowest BCUT2D eigenvalue weighted by Crippen LogP contribution is -2.65. The number of ether oxygens (including phenoxy) is 1. The van der Waals surface area contributed by atoms with Gasteiger partial charge < -0.3 is 9.84 Å². The summed E-state index contributed by atoms with van der Waals surface area (Å²) in [6.07, 6.45) is 12.6. The second-order valence-electron chi connectivity index (χ2n) is 15.1. The predicted octanol–water partition coefficient (Wildman–Crippen LogP) is 6.68. The van der Waals surface area contributed by atoms with Crippen LogP contribution in [0.1, 0.15) is 106 Å². The molecule has 33 heavy (non-hydrogen) atoms. The Morgan fingerprint density at radius 3 is 2.33 bits per heavy atom. The molecule has 0 spiro atoms. The molecule has 0 aromatic carbocycles. The van der Waals surface area contributed by atoms with Gasteiger partial charge in [0.05, 0.1) is 11.5 Å². The molecule has 0 aromatic rings. The number of carbonyl (C=O) groups is 1. The summed E-state index contributed by atoms with van der Waals surface area (Å²) >= 11 is 0. The van der Waals surface area contributed by atoms with Gasteiger partial charge in [0.15, 0.2) is 0 Å². The average Bonchev–Trinajstić information content (AvgIpc) is 3.00. The molecule has 0 radical (unpaired) electrons. The molecule has 5 aliphatic carbocycles. The molecule has 6 rings (SSSR count). The highest BCUT2D eigenvalue weighted by Gasteiger charge is 2.70. The summed E-state index contributed by atoms with van der Waals surface area (Å²) in [5.41, 5.74) is 2.25. The van der Waals surface area contributed by atoms with Crippen molar-refractivity contribution in [3.63, 3.8) is 0 Å². The maximum atomic E-state index is 12.8.